The van der Waals surface area contributed by atoms with Gasteiger partial charge in [-0.3, -0.25) is 4.79 Å². The number of rotatable bonds is 2. The van der Waals surface area contributed by atoms with Crippen LogP contribution in [0.15, 0.2) is 28.7 Å². The highest BCUT2D eigenvalue weighted by Gasteiger charge is 2.82. The normalized spacial score (nSPS) is 31.1. The van der Waals surface area contributed by atoms with E-state index in [1.165, 1.54) is 12.1 Å². The number of carboxylic acid groups (broad SMARTS) is 1. The van der Waals surface area contributed by atoms with Crippen LogP contribution < -0.4 is 0 Å². The fourth-order valence-electron chi connectivity index (χ4n) is 1.99. The van der Waals surface area contributed by atoms with E-state index in [-0.39, 0.29) is 0 Å². The van der Waals surface area contributed by atoms with E-state index in [1.807, 2.05) is 0 Å². The van der Waals surface area contributed by atoms with E-state index in [9.17, 15) is 13.6 Å². The van der Waals surface area contributed by atoms with Crippen LogP contribution in [0, 0.1) is 5.41 Å². The molecule has 0 spiro atoms. The molecule has 0 aromatic heterocycles. The zero-order valence-corrected chi connectivity index (χ0v) is 9.96. The maximum Gasteiger partial charge on any atom is 0.316 e. The third kappa shape index (κ3) is 1.30. The molecule has 86 valence electrons. The van der Waals surface area contributed by atoms with Gasteiger partial charge in [-0.05, 0) is 24.6 Å². The summed E-state index contributed by atoms with van der Waals surface area (Å²) >= 11 is 3.20. The smallest absolute Gasteiger partial charge is 0.316 e. The SMILES string of the molecule is C[C@]1(C(=O)O)[C@H](c2ccc(Br)cc2)C1(F)F. The fraction of sp³-hybridized carbons (Fsp3) is 0.364. The fourth-order valence-corrected chi connectivity index (χ4v) is 2.26. The standard InChI is InChI=1S/C11H9BrF2O2/c1-10(9(15)16)8(11(10,13)14)6-2-4-7(12)5-3-6/h2-5,8H,1H3,(H,15,16)/t8-,10+/m0/s1. The number of hydrogen-bond acceptors (Lipinski definition) is 1. The van der Waals surface area contributed by atoms with Crippen LogP contribution >= 0.6 is 15.9 Å². The van der Waals surface area contributed by atoms with E-state index in [4.69, 9.17) is 5.11 Å². The lowest BCUT2D eigenvalue weighted by Gasteiger charge is -2.02. The number of aliphatic carboxylic acids is 1. The van der Waals surface area contributed by atoms with Crippen molar-refractivity contribution in [2.45, 2.75) is 18.8 Å². The summed E-state index contributed by atoms with van der Waals surface area (Å²) in [6, 6.07) is 6.31. The minimum absolute atomic E-state index is 0.359. The highest BCUT2D eigenvalue weighted by molar-refractivity contribution is 9.10. The van der Waals surface area contributed by atoms with Gasteiger partial charge in [-0.1, -0.05) is 28.1 Å². The Morgan fingerprint density at radius 3 is 2.25 bits per heavy atom. The molecule has 2 rings (SSSR count). The Morgan fingerprint density at radius 2 is 1.88 bits per heavy atom. The van der Waals surface area contributed by atoms with Gasteiger partial charge in [0.05, 0.1) is 5.92 Å². The molecule has 1 aromatic rings. The Bertz CT molecular complexity index is 444. The van der Waals surface area contributed by atoms with Gasteiger partial charge in [-0.25, -0.2) is 8.78 Å². The summed E-state index contributed by atoms with van der Waals surface area (Å²) in [7, 11) is 0. The predicted octanol–water partition coefficient (Wildman–Crippen LogP) is 3.27. The number of carbonyl (C=O) groups is 1. The van der Waals surface area contributed by atoms with Crippen molar-refractivity contribution in [2.75, 3.05) is 0 Å². The van der Waals surface area contributed by atoms with Gasteiger partial charge in [0.25, 0.3) is 5.92 Å². The highest BCUT2D eigenvalue weighted by Crippen LogP contribution is 2.71. The van der Waals surface area contributed by atoms with Crippen molar-refractivity contribution in [3.63, 3.8) is 0 Å². The van der Waals surface area contributed by atoms with Crippen LogP contribution in [0.3, 0.4) is 0 Å². The molecule has 16 heavy (non-hydrogen) atoms. The van der Waals surface area contributed by atoms with Gasteiger partial charge in [-0.15, -0.1) is 0 Å². The Hall–Kier alpha value is -0.970. The molecule has 0 radical (unpaired) electrons. The van der Waals surface area contributed by atoms with Crippen LogP contribution in [-0.2, 0) is 4.79 Å². The minimum atomic E-state index is -3.17. The highest BCUT2D eigenvalue weighted by atomic mass is 79.9. The first-order chi connectivity index (χ1) is 7.31. The number of benzene rings is 1. The van der Waals surface area contributed by atoms with Crippen molar-refractivity contribution in [1.29, 1.82) is 0 Å². The zero-order chi connectivity index (χ0) is 12.1. The summed E-state index contributed by atoms with van der Waals surface area (Å²) in [6.45, 7) is 1.09. The molecule has 0 unspecified atom stereocenters. The Morgan fingerprint density at radius 1 is 1.38 bits per heavy atom. The molecule has 1 N–H and O–H groups in total. The zero-order valence-electron chi connectivity index (χ0n) is 8.38. The summed E-state index contributed by atoms with van der Waals surface area (Å²) in [5, 5.41) is 8.85. The summed E-state index contributed by atoms with van der Waals surface area (Å²) in [5.74, 6) is -5.86. The molecule has 1 aliphatic rings. The third-order valence-corrected chi connectivity index (χ3v) is 3.73. The number of alkyl halides is 2. The summed E-state index contributed by atoms with van der Waals surface area (Å²) < 4.78 is 27.8. The Labute approximate surface area is 99.4 Å². The van der Waals surface area contributed by atoms with Crippen molar-refractivity contribution >= 4 is 21.9 Å². The predicted molar refractivity (Wildman–Crippen MR) is 57.6 cm³/mol. The molecule has 0 heterocycles. The lowest BCUT2D eigenvalue weighted by Crippen LogP contribution is -2.18. The van der Waals surface area contributed by atoms with Crippen molar-refractivity contribution in [1.82, 2.24) is 0 Å². The third-order valence-electron chi connectivity index (χ3n) is 3.20. The summed E-state index contributed by atoms with van der Waals surface area (Å²) in [4.78, 5) is 10.9. The first-order valence-corrected chi connectivity index (χ1v) is 5.48. The van der Waals surface area contributed by atoms with E-state index in [1.54, 1.807) is 12.1 Å². The van der Waals surface area contributed by atoms with Gasteiger partial charge in [-0.2, -0.15) is 0 Å². The average molecular weight is 291 g/mol. The van der Waals surface area contributed by atoms with Gasteiger partial charge >= 0.3 is 5.97 Å². The molecule has 2 nitrogen and oxygen atoms in total. The average Bonchev–Trinajstić information content (AvgIpc) is 2.65. The van der Waals surface area contributed by atoms with Crippen LogP contribution in [0.2, 0.25) is 0 Å². The van der Waals surface area contributed by atoms with Crippen molar-refractivity contribution in [3.05, 3.63) is 34.3 Å². The Kier molecular flexibility index (Phi) is 2.35. The maximum atomic E-state index is 13.5. The summed E-state index contributed by atoms with van der Waals surface area (Å²) in [5.41, 5.74) is -1.61. The van der Waals surface area contributed by atoms with Gasteiger partial charge in [0.1, 0.15) is 5.41 Å². The van der Waals surface area contributed by atoms with E-state index in [0.29, 0.717) is 5.56 Å². The second-order valence-electron chi connectivity index (χ2n) is 4.12. The molecule has 5 heteroatoms. The quantitative estimate of drug-likeness (QED) is 0.908. The lowest BCUT2D eigenvalue weighted by atomic mass is 10.0. The second-order valence-corrected chi connectivity index (χ2v) is 5.03. The molecule has 1 fully saturated rings. The number of carboxylic acids is 1. The van der Waals surface area contributed by atoms with Crippen molar-refractivity contribution in [2.24, 2.45) is 5.41 Å². The van der Waals surface area contributed by atoms with E-state index < -0.39 is 23.2 Å². The molecular weight excluding hydrogens is 282 g/mol. The number of halogens is 3. The van der Waals surface area contributed by atoms with Gasteiger partial charge in [0, 0.05) is 4.47 Å². The maximum absolute atomic E-state index is 13.5. The molecule has 1 aliphatic carbocycles. The van der Waals surface area contributed by atoms with E-state index >= 15 is 0 Å². The molecular formula is C11H9BrF2O2. The van der Waals surface area contributed by atoms with Crippen LogP contribution in [-0.4, -0.2) is 17.0 Å². The molecule has 0 bridgehead atoms. The topological polar surface area (TPSA) is 37.3 Å². The minimum Gasteiger partial charge on any atom is -0.481 e. The van der Waals surface area contributed by atoms with Gasteiger partial charge in [0.2, 0.25) is 0 Å². The van der Waals surface area contributed by atoms with Crippen molar-refractivity contribution in [3.8, 4) is 0 Å². The molecule has 1 aromatic carbocycles. The van der Waals surface area contributed by atoms with Gasteiger partial charge < -0.3 is 5.11 Å². The summed E-state index contributed by atoms with van der Waals surface area (Å²) in [6.07, 6.45) is 0. The monoisotopic (exact) mass is 290 g/mol. The van der Waals surface area contributed by atoms with E-state index in [2.05, 4.69) is 15.9 Å². The lowest BCUT2D eigenvalue weighted by molar-refractivity contribution is -0.146. The molecule has 1 saturated carbocycles. The van der Waals surface area contributed by atoms with Crippen molar-refractivity contribution < 1.29 is 18.7 Å². The Balaban J connectivity index is 2.38. The molecule has 2 atom stereocenters. The van der Waals surface area contributed by atoms with E-state index in [0.717, 1.165) is 11.4 Å². The second kappa shape index (κ2) is 3.26. The largest absolute Gasteiger partial charge is 0.481 e. The van der Waals surface area contributed by atoms with Crippen LogP contribution in [0.5, 0.6) is 0 Å². The first-order valence-electron chi connectivity index (χ1n) is 4.68. The van der Waals surface area contributed by atoms with Crippen LogP contribution in [0.4, 0.5) is 8.78 Å². The van der Waals surface area contributed by atoms with Crippen LogP contribution in [0.1, 0.15) is 18.4 Å². The molecule has 0 aliphatic heterocycles. The number of hydrogen-bond donors (Lipinski definition) is 1. The van der Waals surface area contributed by atoms with Crippen LogP contribution in [0.25, 0.3) is 0 Å². The molecule has 0 amide bonds. The van der Waals surface area contributed by atoms with Gasteiger partial charge in [0.15, 0.2) is 0 Å². The molecule has 0 saturated heterocycles. The first kappa shape index (κ1) is 11.5.